The van der Waals surface area contributed by atoms with Crippen molar-refractivity contribution in [1.29, 1.82) is 0 Å². The molecule has 1 atom stereocenters. The Morgan fingerprint density at radius 1 is 0.977 bits per heavy atom. The van der Waals surface area contributed by atoms with E-state index < -0.39 is 28.5 Å². The van der Waals surface area contributed by atoms with Crippen LogP contribution in [0.15, 0.2) is 42.5 Å². The summed E-state index contributed by atoms with van der Waals surface area (Å²) in [6, 6.07) is 11.9. The van der Waals surface area contributed by atoms with Gasteiger partial charge >= 0.3 is 0 Å². The van der Waals surface area contributed by atoms with Gasteiger partial charge in [0, 0.05) is 22.6 Å². The van der Waals surface area contributed by atoms with Crippen molar-refractivity contribution in [1.82, 2.24) is 10.2 Å². The van der Waals surface area contributed by atoms with Crippen LogP contribution in [0.2, 0.25) is 10.0 Å². The number of carbonyl (C=O) groups is 2. The third-order valence-electron chi connectivity index (χ3n) is 9.66. The normalized spacial score (nSPS) is 25.0. The molecule has 0 heterocycles. The second kappa shape index (κ2) is 12.6. The molecular formula is C33H43Cl2N3O4S. The number of nitrogens with one attached hydrogen (secondary N) is 1. The van der Waals surface area contributed by atoms with Crippen molar-refractivity contribution in [2.75, 3.05) is 17.1 Å². The number of carbonyl (C=O) groups excluding carboxylic acids is 2. The van der Waals surface area contributed by atoms with Crippen LogP contribution in [0.5, 0.6) is 0 Å². The number of benzene rings is 2. The summed E-state index contributed by atoms with van der Waals surface area (Å²) in [5, 5.41) is 3.72. The van der Waals surface area contributed by atoms with E-state index in [1.165, 1.54) is 49.0 Å². The second-order valence-electron chi connectivity index (χ2n) is 13.4. The fourth-order valence-electron chi connectivity index (χ4n) is 8.19. The summed E-state index contributed by atoms with van der Waals surface area (Å²) in [6.07, 6.45) is 9.15. The lowest BCUT2D eigenvalue weighted by Crippen LogP contribution is -2.53. The Labute approximate surface area is 266 Å². The van der Waals surface area contributed by atoms with E-state index in [0.717, 1.165) is 28.3 Å². The first-order chi connectivity index (χ1) is 20.3. The lowest BCUT2D eigenvalue weighted by atomic mass is 9.48. The minimum atomic E-state index is -3.82. The Bertz CT molecular complexity index is 1430. The van der Waals surface area contributed by atoms with E-state index in [1.807, 2.05) is 32.9 Å². The number of hydrogen-bond donors (Lipinski definition) is 1. The van der Waals surface area contributed by atoms with Gasteiger partial charge in [-0.25, -0.2) is 8.42 Å². The zero-order valence-corrected chi connectivity index (χ0v) is 27.8. The molecule has 4 fully saturated rings. The van der Waals surface area contributed by atoms with Gasteiger partial charge in [-0.3, -0.25) is 13.9 Å². The van der Waals surface area contributed by atoms with Gasteiger partial charge in [0.15, 0.2) is 0 Å². The highest BCUT2D eigenvalue weighted by Crippen LogP contribution is 2.60. The van der Waals surface area contributed by atoms with Gasteiger partial charge in [-0.05, 0) is 117 Å². The standard InChI is InChI=1S/C33H43Cl2N3O4S/c1-5-30(32(40)36-21(2)3)37(19-25-6-9-27(34)15-29(25)35)31(39)20-38(43(4,41)42)28-10-7-26(8-11-28)33-16-22-12-23(17-33)14-24(13-22)18-33/h6-11,15,21-24,30H,5,12-14,16-20H2,1-4H3,(H,36,40)/t22?,23?,24?,30-,33?/m1/s1. The van der Waals surface area contributed by atoms with E-state index >= 15 is 0 Å². The molecule has 0 radical (unpaired) electrons. The number of hydrogen-bond acceptors (Lipinski definition) is 4. The van der Waals surface area contributed by atoms with E-state index in [2.05, 4.69) is 17.4 Å². The number of rotatable bonds is 11. The third-order valence-corrected chi connectivity index (χ3v) is 11.4. The predicted molar refractivity (Wildman–Crippen MR) is 173 cm³/mol. The molecule has 0 spiro atoms. The predicted octanol–water partition coefficient (Wildman–Crippen LogP) is 6.56. The number of halogens is 2. The molecule has 0 unspecified atom stereocenters. The Kier molecular flexibility index (Phi) is 9.41. The highest BCUT2D eigenvalue weighted by molar-refractivity contribution is 7.92. The van der Waals surface area contributed by atoms with Crippen molar-refractivity contribution in [3.8, 4) is 0 Å². The molecule has 4 saturated carbocycles. The molecule has 4 aliphatic rings. The molecule has 6 rings (SSSR count). The summed E-state index contributed by atoms with van der Waals surface area (Å²) in [7, 11) is -3.82. The molecule has 234 valence electrons. The second-order valence-corrected chi connectivity index (χ2v) is 16.1. The SMILES string of the molecule is CC[C@H](C(=O)NC(C)C)N(Cc1ccc(Cl)cc1Cl)C(=O)CN(c1ccc(C23CC4CC(CC(C4)C2)C3)cc1)S(C)(=O)=O. The van der Waals surface area contributed by atoms with Gasteiger partial charge in [-0.15, -0.1) is 0 Å². The Balaban J connectivity index is 1.42. The lowest BCUT2D eigenvalue weighted by molar-refractivity contribution is -0.140. The molecule has 0 saturated heterocycles. The average Bonchev–Trinajstić information content (AvgIpc) is 2.91. The Hall–Kier alpha value is -2.29. The zero-order chi connectivity index (χ0) is 31.1. The largest absolute Gasteiger partial charge is 0.352 e. The van der Waals surface area contributed by atoms with E-state index in [0.29, 0.717) is 27.7 Å². The van der Waals surface area contributed by atoms with Gasteiger partial charge in [0.05, 0.1) is 11.9 Å². The van der Waals surface area contributed by atoms with Gasteiger partial charge in [0.25, 0.3) is 0 Å². The van der Waals surface area contributed by atoms with Crippen molar-refractivity contribution in [2.45, 2.75) is 89.8 Å². The van der Waals surface area contributed by atoms with Crippen LogP contribution in [-0.2, 0) is 31.6 Å². The number of anilines is 1. The first-order valence-electron chi connectivity index (χ1n) is 15.4. The molecular weight excluding hydrogens is 605 g/mol. The summed E-state index contributed by atoms with van der Waals surface area (Å²) in [5.74, 6) is 1.61. The van der Waals surface area contributed by atoms with E-state index in [4.69, 9.17) is 23.2 Å². The highest BCUT2D eigenvalue weighted by atomic mass is 35.5. The molecule has 43 heavy (non-hydrogen) atoms. The average molecular weight is 649 g/mol. The van der Waals surface area contributed by atoms with Crippen LogP contribution in [-0.4, -0.2) is 50.0 Å². The van der Waals surface area contributed by atoms with Crippen LogP contribution >= 0.6 is 23.2 Å². The maximum Gasteiger partial charge on any atom is 0.244 e. The van der Waals surface area contributed by atoms with Gasteiger partial charge in [0.2, 0.25) is 21.8 Å². The van der Waals surface area contributed by atoms with Crippen molar-refractivity contribution in [3.63, 3.8) is 0 Å². The van der Waals surface area contributed by atoms with E-state index in [1.54, 1.807) is 18.2 Å². The molecule has 10 heteroatoms. The molecule has 0 aliphatic heterocycles. The van der Waals surface area contributed by atoms with Gasteiger partial charge in [-0.2, -0.15) is 0 Å². The summed E-state index contributed by atoms with van der Waals surface area (Å²) >= 11 is 12.6. The summed E-state index contributed by atoms with van der Waals surface area (Å²) < 4.78 is 27.4. The molecule has 1 N–H and O–H groups in total. The topological polar surface area (TPSA) is 86.8 Å². The number of nitrogens with zero attached hydrogens (tertiary/aromatic N) is 2. The quantitative estimate of drug-likeness (QED) is 0.299. The van der Waals surface area contributed by atoms with E-state index in [-0.39, 0.29) is 23.9 Å². The van der Waals surface area contributed by atoms with Gasteiger partial charge in [-0.1, -0.05) is 48.3 Å². The molecule has 2 amide bonds. The van der Waals surface area contributed by atoms with E-state index in [9.17, 15) is 18.0 Å². The maximum absolute atomic E-state index is 14.0. The fraction of sp³-hybridized carbons (Fsp3) is 0.576. The number of sulfonamides is 1. The molecule has 4 aliphatic carbocycles. The Morgan fingerprint density at radius 2 is 1.56 bits per heavy atom. The van der Waals surface area contributed by atoms with Crippen molar-refractivity contribution >= 4 is 50.7 Å². The third kappa shape index (κ3) is 7.02. The smallest absolute Gasteiger partial charge is 0.244 e. The summed E-state index contributed by atoms with van der Waals surface area (Å²) in [5.41, 5.74) is 2.52. The molecule has 2 aromatic carbocycles. The van der Waals surface area contributed by atoms with Crippen molar-refractivity contribution in [3.05, 3.63) is 63.6 Å². The van der Waals surface area contributed by atoms with Crippen LogP contribution in [0.3, 0.4) is 0 Å². The Morgan fingerprint density at radius 3 is 2.05 bits per heavy atom. The number of amides is 2. The first-order valence-corrected chi connectivity index (χ1v) is 18.0. The van der Waals surface area contributed by atoms with Crippen LogP contribution < -0.4 is 9.62 Å². The van der Waals surface area contributed by atoms with Crippen molar-refractivity contribution in [2.24, 2.45) is 17.8 Å². The minimum Gasteiger partial charge on any atom is -0.352 e. The fourth-order valence-corrected chi connectivity index (χ4v) is 9.51. The molecule has 7 nitrogen and oxygen atoms in total. The highest BCUT2D eigenvalue weighted by Gasteiger charge is 2.51. The minimum absolute atomic E-state index is 0.0292. The molecule has 0 aromatic heterocycles. The molecule has 4 bridgehead atoms. The molecule has 2 aromatic rings. The monoisotopic (exact) mass is 647 g/mol. The van der Waals surface area contributed by atoms with Crippen LogP contribution in [0.1, 0.15) is 76.8 Å². The van der Waals surface area contributed by atoms with Crippen LogP contribution in [0.4, 0.5) is 5.69 Å². The van der Waals surface area contributed by atoms with Gasteiger partial charge in [0.1, 0.15) is 12.6 Å². The first kappa shape index (κ1) is 32.1. The van der Waals surface area contributed by atoms with Crippen LogP contribution in [0.25, 0.3) is 0 Å². The summed E-state index contributed by atoms with van der Waals surface area (Å²) in [4.78, 5) is 28.7. The van der Waals surface area contributed by atoms with Crippen molar-refractivity contribution < 1.29 is 18.0 Å². The lowest BCUT2D eigenvalue weighted by Gasteiger charge is -2.57. The van der Waals surface area contributed by atoms with Gasteiger partial charge < -0.3 is 10.2 Å². The zero-order valence-electron chi connectivity index (χ0n) is 25.5. The maximum atomic E-state index is 14.0. The summed E-state index contributed by atoms with van der Waals surface area (Å²) in [6.45, 7) is 5.12. The van der Waals surface area contributed by atoms with Crippen LogP contribution in [0, 0.1) is 17.8 Å².